The van der Waals surface area contributed by atoms with Crippen molar-refractivity contribution < 1.29 is 31.2 Å². The second-order valence-corrected chi connectivity index (χ2v) is 8.06. The predicted octanol–water partition coefficient (Wildman–Crippen LogP) is 3.28. The molecule has 15 heteroatoms. The van der Waals surface area contributed by atoms with Crippen LogP contribution in [0.15, 0.2) is 39.6 Å². The van der Waals surface area contributed by atoms with Crippen LogP contribution in [-0.4, -0.2) is 52.3 Å². The van der Waals surface area contributed by atoms with Gasteiger partial charge in [-0.25, -0.2) is 14.4 Å². The molecule has 5 aromatic rings. The Morgan fingerprint density at radius 1 is 1.22 bits per heavy atom. The normalized spacial score (nSPS) is 16.0. The molecule has 11 nitrogen and oxygen atoms in total. The Bertz CT molecular complexity index is 1610. The molecule has 1 aliphatic heterocycles. The van der Waals surface area contributed by atoms with Crippen LogP contribution in [0.4, 0.5) is 17.6 Å². The van der Waals surface area contributed by atoms with Crippen molar-refractivity contribution in [3.05, 3.63) is 65.4 Å². The van der Waals surface area contributed by atoms with Gasteiger partial charge in [-0.1, -0.05) is 0 Å². The number of hydrogen-bond acceptors (Lipinski definition) is 8. The Morgan fingerprint density at radius 2 is 2.06 bits per heavy atom. The fourth-order valence-electron chi connectivity index (χ4n) is 4.18. The summed E-state index contributed by atoms with van der Waals surface area (Å²) < 4.78 is 65.9. The van der Waals surface area contributed by atoms with E-state index < -0.39 is 47.0 Å². The fraction of sp³-hybridized carbons (Fsp3) is 0.238. The van der Waals surface area contributed by atoms with E-state index >= 15 is 0 Å². The summed E-state index contributed by atoms with van der Waals surface area (Å²) in [4.78, 5) is 26.4. The molecule has 184 valence electrons. The molecule has 0 saturated carbocycles. The topological polar surface area (TPSA) is 132 Å². The van der Waals surface area contributed by atoms with Gasteiger partial charge in [0.15, 0.2) is 17.3 Å². The van der Waals surface area contributed by atoms with Crippen molar-refractivity contribution in [2.24, 2.45) is 7.05 Å². The minimum Gasteiger partial charge on any atom is -0.438 e. The first-order valence-corrected chi connectivity index (χ1v) is 10.5. The molecular weight excluding hydrogens is 488 g/mol. The standard InChI is InChI=1S/C21H14F4N8O3/c1-32-7-10(16(31-32)21(23,24)25)17-29-30-19(36-17)20(34)33-5-4-11-14(27-8-26-11)15(33)18-28-12-6-9(22)2-3-13(12)35-18/h2-3,6-8,15H,4-5H2,1H3,(H,26,27)/t15-/m0/s1. The molecule has 0 aliphatic carbocycles. The lowest BCUT2D eigenvalue weighted by atomic mass is 10.0. The number of oxazole rings is 1. The van der Waals surface area contributed by atoms with E-state index in [2.05, 4.69) is 30.2 Å². The maximum absolute atomic E-state index is 13.7. The molecule has 4 aromatic heterocycles. The summed E-state index contributed by atoms with van der Waals surface area (Å²) in [7, 11) is 1.31. The van der Waals surface area contributed by atoms with Crippen molar-refractivity contribution >= 4 is 17.0 Å². The average molecular weight is 502 g/mol. The van der Waals surface area contributed by atoms with E-state index in [1.807, 2.05) is 0 Å². The van der Waals surface area contributed by atoms with Gasteiger partial charge in [-0.2, -0.15) is 18.3 Å². The molecular formula is C21H14F4N8O3. The highest BCUT2D eigenvalue weighted by Crippen LogP contribution is 2.37. The van der Waals surface area contributed by atoms with Crippen molar-refractivity contribution in [2.45, 2.75) is 18.6 Å². The number of H-pyrrole nitrogens is 1. The molecule has 0 saturated heterocycles. The smallest absolute Gasteiger partial charge is 0.435 e. The molecule has 0 radical (unpaired) electrons. The summed E-state index contributed by atoms with van der Waals surface area (Å²) in [5.41, 5.74) is 0.0710. The summed E-state index contributed by atoms with van der Waals surface area (Å²) >= 11 is 0. The van der Waals surface area contributed by atoms with E-state index in [1.165, 1.54) is 36.5 Å². The van der Waals surface area contributed by atoms with Crippen LogP contribution in [0.5, 0.6) is 0 Å². The van der Waals surface area contributed by atoms with Gasteiger partial charge in [0.1, 0.15) is 11.3 Å². The Hall–Kier alpha value is -4.56. The van der Waals surface area contributed by atoms with Crippen LogP contribution in [0.1, 0.15) is 39.7 Å². The van der Waals surface area contributed by atoms with E-state index in [4.69, 9.17) is 8.83 Å². The Morgan fingerprint density at radius 3 is 2.86 bits per heavy atom. The van der Waals surface area contributed by atoms with Gasteiger partial charge in [-0.15, -0.1) is 10.2 Å². The number of carbonyl (C=O) groups excluding carboxylic acids is 1. The average Bonchev–Trinajstić information content (AvgIpc) is 3.61. The molecule has 1 aromatic carbocycles. The molecule has 1 atom stereocenters. The van der Waals surface area contributed by atoms with Crippen LogP contribution < -0.4 is 0 Å². The number of amides is 1. The van der Waals surface area contributed by atoms with E-state index in [9.17, 15) is 22.4 Å². The number of fused-ring (bicyclic) bond motifs is 2. The summed E-state index contributed by atoms with van der Waals surface area (Å²) in [6.07, 6.45) is -1.84. The molecule has 0 unspecified atom stereocenters. The van der Waals surface area contributed by atoms with Crippen molar-refractivity contribution in [1.82, 2.24) is 39.8 Å². The number of carbonyl (C=O) groups is 1. The van der Waals surface area contributed by atoms with Crippen LogP contribution in [0.25, 0.3) is 22.6 Å². The first-order chi connectivity index (χ1) is 17.2. The number of aromatic amines is 1. The quantitative estimate of drug-likeness (QED) is 0.372. The van der Waals surface area contributed by atoms with Crippen molar-refractivity contribution in [3.63, 3.8) is 0 Å². The number of alkyl halides is 3. The second-order valence-electron chi connectivity index (χ2n) is 8.06. The molecule has 0 spiro atoms. The Balaban J connectivity index is 1.39. The number of benzene rings is 1. The zero-order chi connectivity index (χ0) is 25.2. The Labute approximate surface area is 197 Å². The van der Waals surface area contributed by atoms with Crippen LogP contribution in [-0.2, 0) is 19.6 Å². The molecule has 5 heterocycles. The summed E-state index contributed by atoms with van der Waals surface area (Å²) in [6, 6.07) is 2.90. The molecule has 1 aliphatic rings. The van der Waals surface area contributed by atoms with Crippen LogP contribution in [0.2, 0.25) is 0 Å². The fourth-order valence-corrected chi connectivity index (χ4v) is 4.18. The number of imidazole rings is 1. The number of rotatable bonds is 3. The van der Waals surface area contributed by atoms with Gasteiger partial charge in [0.05, 0.1) is 17.6 Å². The van der Waals surface area contributed by atoms with E-state index in [0.29, 0.717) is 17.7 Å². The van der Waals surface area contributed by atoms with Crippen molar-refractivity contribution in [1.29, 1.82) is 0 Å². The van der Waals surface area contributed by atoms with Crippen LogP contribution in [0, 0.1) is 5.82 Å². The summed E-state index contributed by atoms with van der Waals surface area (Å²) in [6.45, 7) is 0.157. The van der Waals surface area contributed by atoms with Crippen LogP contribution in [0.3, 0.4) is 0 Å². The molecule has 1 N–H and O–H groups in total. The molecule has 1 amide bonds. The predicted molar refractivity (Wildman–Crippen MR) is 111 cm³/mol. The van der Waals surface area contributed by atoms with Gasteiger partial charge < -0.3 is 18.7 Å². The maximum atomic E-state index is 13.7. The largest absolute Gasteiger partial charge is 0.438 e. The van der Waals surface area contributed by atoms with Gasteiger partial charge in [-0.05, 0) is 12.1 Å². The van der Waals surface area contributed by atoms with Gasteiger partial charge in [-0.3, -0.25) is 9.48 Å². The van der Waals surface area contributed by atoms with Gasteiger partial charge in [0.25, 0.3) is 5.89 Å². The summed E-state index contributed by atoms with van der Waals surface area (Å²) in [5.74, 6) is -2.24. The zero-order valence-electron chi connectivity index (χ0n) is 18.2. The number of aromatic nitrogens is 7. The minimum absolute atomic E-state index is 0.0726. The first-order valence-electron chi connectivity index (χ1n) is 10.5. The molecule has 0 bridgehead atoms. The lowest BCUT2D eigenvalue weighted by Crippen LogP contribution is -2.41. The third kappa shape index (κ3) is 3.50. The van der Waals surface area contributed by atoms with E-state index in [1.54, 1.807) is 0 Å². The zero-order valence-corrected chi connectivity index (χ0v) is 18.2. The van der Waals surface area contributed by atoms with Gasteiger partial charge >= 0.3 is 18.0 Å². The monoisotopic (exact) mass is 502 g/mol. The minimum atomic E-state index is -4.77. The Kier molecular flexibility index (Phi) is 4.71. The number of hydrogen-bond donors (Lipinski definition) is 1. The molecule has 36 heavy (non-hydrogen) atoms. The third-order valence-corrected chi connectivity index (χ3v) is 5.72. The highest BCUT2D eigenvalue weighted by atomic mass is 19.4. The van der Waals surface area contributed by atoms with Crippen molar-refractivity contribution in [3.8, 4) is 11.5 Å². The third-order valence-electron chi connectivity index (χ3n) is 5.72. The van der Waals surface area contributed by atoms with Crippen molar-refractivity contribution in [2.75, 3.05) is 6.54 Å². The first kappa shape index (κ1) is 21.9. The highest BCUT2D eigenvalue weighted by Gasteiger charge is 2.41. The van der Waals surface area contributed by atoms with Gasteiger partial charge in [0, 0.05) is 38.0 Å². The lowest BCUT2D eigenvalue weighted by Gasteiger charge is -2.31. The number of nitrogens with one attached hydrogen (secondary N) is 1. The second kappa shape index (κ2) is 7.73. The van der Waals surface area contributed by atoms with E-state index in [-0.39, 0.29) is 18.0 Å². The SMILES string of the molecule is Cn1cc(-c2nnc(C(=O)N3CCc4[nH]cnc4[C@H]3c3nc4cc(F)ccc4o3)o2)c(C(F)(F)F)n1. The molecule has 0 fully saturated rings. The van der Waals surface area contributed by atoms with E-state index in [0.717, 1.165) is 16.6 Å². The number of aryl methyl sites for hydroxylation is 1. The van der Waals surface area contributed by atoms with Gasteiger partial charge in [0.2, 0.25) is 5.89 Å². The maximum Gasteiger partial charge on any atom is 0.435 e. The number of nitrogens with zero attached hydrogens (tertiary/aromatic N) is 7. The molecule has 6 rings (SSSR count). The van der Waals surface area contributed by atoms with Crippen LogP contribution >= 0.6 is 0 Å². The summed E-state index contributed by atoms with van der Waals surface area (Å²) in [5, 5.41) is 10.7. The lowest BCUT2D eigenvalue weighted by molar-refractivity contribution is -0.141. The highest BCUT2D eigenvalue weighted by molar-refractivity contribution is 5.90. The number of halogens is 4.